The molecule has 1 heterocycles. The number of benzene rings is 8. The van der Waals surface area contributed by atoms with Crippen molar-refractivity contribution in [1.82, 2.24) is 0 Å². The fourth-order valence-electron chi connectivity index (χ4n) is 6.68. The highest BCUT2D eigenvalue weighted by atomic mass is 16.5. The van der Waals surface area contributed by atoms with Crippen LogP contribution in [-0.2, 0) is 0 Å². The lowest BCUT2D eigenvalue weighted by molar-refractivity contribution is 0.487. The summed E-state index contributed by atoms with van der Waals surface area (Å²) < 4.78 is 6.50. The van der Waals surface area contributed by atoms with Crippen LogP contribution in [0.2, 0.25) is 0 Å². The third-order valence-electron chi connectivity index (χ3n) is 8.36. The van der Waals surface area contributed by atoms with Crippen LogP contribution in [0.25, 0.3) is 76.1 Å². The number of fused-ring (bicyclic) bond motifs is 8. The molecular formula is C38H22O. The first-order valence-corrected chi connectivity index (χ1v) is 13.4. The highest BCUT2D eigenvalue weighted by Gasteiger charge is 2.23. The number of rotatable bonds is 1. The van der Waals surface area contributed by atoms with E-state index in [9.17, 15) is 0 Å². The molecule has 0 unspecified atom stereocenters. The second-order valence-corrected chi connectivity index (χ2v) is 10.5. The summed E-state index contributed by atoms with van der Waals surface area (Å²) in [5, 5.41) is 12.5. The molecule has 8 aromatic carbocycles. The lowest BCUT2D eigenvalue weighted by Gasteiger charge is -2.24. The fourth-order valence-corrected chi connectivity index (χ4v) is 6.68. The Balaban J connectivity index is 1.53. The Morgan fingerprint density at radius 2 is 1.03 bits per heavy atom. The van der Waals surface area contributed by atoms with Gasteiger partial charge in [0.1, 0.15) is 11.5 Å². The Hall–Kier alpha value is -5.14. The first-order chi connectivity index (χ1) is 19.3. The minimum atomic E-state index is 0.909. The zero-order valence-corrected chi connectivity index (χ0v) is 21.1. The Kier molecular flexibility index (Phi) is 4.11. The van der Waals surface area contributed by atoms with Crippen LogP contribution in [0.4, 0.5) is 0 Å². The molecule has 0 saturated heterocycles. The van der Waals surface area contributed by atoms with Gasteiger partial charge in [0.05, 0.1) is 0 Å². The highest BCUT2D eigenvalue weighted by Crippen LogP contribution is 2.51. The van der Waals surface area contributed by atoms with E-state index < -0.39 is 0 Å². The Morgan fingerprint density at radius 3 is 1.90 bits per heavy atom. The molecule has 1 aliphatic heterocycles. The van der Waals surface area contributed by atoms with Crippen LogP contribution in [0.3, 0.4) is 0 Å². The topological polar surface area (TPSA) is 9.23 Å². The smallest absolute Gasteiger partial charge is 0.136 e. The number of hydrogen-bond acceptors (Lipinski definition) is 1. The van der Waals surface area contributed by atoms with E-state index in [2.05, 4.69) is 133 Å². The van der Waals surface area contributed by atoms with Gasteiger partial charge < -0.3 is 4.74 Å². The summed E-state index contributed by atoms with van der Waals surface area (Å²) in [5.41, 5.74) is 4.89. The van der Waals surface area contributed by atoms with Crippen LogP contribution in [-0.4, -0.2) is 0 Å². The largest absolute Gasteiger partial charge is 0.456 e. The normalized spacial score (nSPS) is 12.3. The maximum Gasteiger partial charge on any atom is 0.136 e. The second-order valence-electron chi connectivity index (χ2n) is 10.5. The monoisotopic (exact) mass is 494 g/mol. The lowest BCUT2D eigenvalue weighted by atomic mass is 9.85. The minimum absolute atomic E-state index is 0.909. The van der Waals surface area contributed by atoms with E-state index in [4.69, 9.17) is 4.74 Å². The summed E-state index contributed by atoms with van der Waals surface area (Å²) in [4.78, 5) is 0. The van der Waals surface area contributed by atoms with Gasteiger partial charge in [0.2, 0.25) is 0 Å². The van der Waals surface area contributed by atoms with E-state index >= 15 is 0 Å². The molecule has 0 amide bonds. The summed E-state index contributed by atoms with van der Waals surface area (Å²) in [6.07, 6.45) is 0. The molecule has 9 rings (SSSR count). The van der Waals surface area contributed by atoms with E-state index in [-0.39, 0.29) is 0 Å². The van der Waals surface area contributed by atoms with Gasteiger partial charge in [-0.15, -0.1) is 0 Å². The average Bonchev–Trinajstić information content (AvgIpc) is 2.99. The molecule has 0 radical (unpaired) electrons. The standard InChI is InChI=1S/C38H22O/c1-5-13-29-23(9-1)17-18-26-19-24-10-3-6-14-30(24)37(36(26)29)27-20-32-28-12-4-2-11-25(28)22-35-38(32)33(21-27)31-15-7-8-16-34(31)39-35/h1-22H. The van der Waals surface area contributed by atoms with Gasteiger partial charge in [-0.25, -0.2) is 0 Å². The van der Waals surface area contributed by atoms with Crippen LogP contribution in [0.5, 0.6) is 11.5 Å². The molecule has 0 N–H and O–H groups in total. The fraction of sp³-hybridized carbons (Fsp3) is 0. The van der Waals surface area contributed by atoms with E-state index in [0.717, 1.165) is 17.1 Å². The molecule has 0 saturated carbocycles. The molecule has 1 aliphatic rings. The summed E-state index contributed by atoms with van der Waals surface area (Å²) >= 11 is 0. The van der Waals surface area contributed by atoms with E-state index in [1.165, 1.54) is 70.6 Å². The Labute approximate surface area is 225 Å². The summed E-state index contributed by atoms with van der Waals surface area (Å²) in [5.74, 6) is 1.84. The predicted octanol–water partition coefficient (Wildman–Crippen LogP) is 10.9. The highest BCUT2D eigenvalue weighted by molar-refractivity contribution is 6.24. The second kappa shape index (κ2) is 7.69. The number of para-hydroxylation sites is 1. The molecular weight excluding hydrogens is 472 g/mol. The minimum Gasteiger partial charge on any atom is -0.456 e. The third-order valence-corrected chi connectivity index (χ3v) is 8.36. The van der Waals surface area contributed by atoms with Crippen molar-refractivity contribution in [2.24, 2.45) is 0 Å². The van der Waals surface area contributed by atoms with Gasteiger partial charge in [-0.3, -0.25) is 0 Å². The molecule has 180 valence electrons. The maximum absolute atomic E-state index is 6.50. The van der Waals surface area contributed by atoms with E-state index in [1.54, 1.807) is 0 Å². The molecule has 0 atom stereocenters. The van der Waals surface area contributed by atoms with Gasteiger partial charge in [-0.2, -0.15) is 0 Å². The molecule has 1 heteroatoms. The van der Waals surface area contributed by atoms with Crippen molar-refractivity contribution in [3.05, 3.63) is 133 Å². The molecule has 0 spiro atoms. The van der Waals surface area contributed by atoms with Crippen molar-refractivity contribution >= 4 is 53.9 Å². The van der Waals surface area contributed by atoms with Crippen molar-refractivity contribution in [2.45, 2.75) is 0 Å². The van der Waals surface area contributed by atoms with Crippen LogP contribution in [0.15, 0.2) is 133 Å². The molecule has 39 heavy (non-hydrogen) atoms. The number of hydrogen-bond donors (Lipinski definition) is 0. The molecule has 0 aromatic heterocycles. The van der Waals surface area contributed by atoms with Crippen molar-refractivity contribution in [3.8, 4) is 33.8 Å². The van der Waals surface area contributed by atoms with Gasteiger partial charge in [0.15, 0.2) is 0 Å². The first kappa shape index (κ1) is 20.9. The van der Waals surface area contributed by atoms with Gasteiger partial charge >= 0.3 is 0 Å². The summed E-state index contributed by atoms with van der Waals surface area (Å²) in [6.45, 7) is 0. The summed E-state index contributed by atoms with van der Waals surface area (Å²) in [6, 6.07) is 48.5. The molecule has 0 bridgehead atoms. The molecule has 1 nitrogen and oxygen atoms in total. The van der Waals surface area contributed by atoms with Crippen molar-refractivity contribution in [3.63, 3.8) is 0 Å². The quantitative estimate of drug-likeness (QED) is 0.163. The Morgan fingerprint density at radius 1 is 0.359 bits per heavy atom. The molecule has 0 aliphatic carbocycles. The average molecular weight is 495 g/mol. The van der Waals surface area contributed by atoms with Crippen LogP contribution >= 0.6 is 0 Å². The first-order valence-electron chi connectivity index (χ1n) is 13.4. The molecule has 8 aromatic rings. The van der Waals surface area contributed by atoms with Gasteiger partial charge in [-0.05, 0) is 95.5 Å². The zero-order valence-electron chi connectivity index (χ0n) is 21.1. The van der Waals surface area contributed by atoms with E-state index in [0.29, 0.717) is 0 Å². The maximum atomic E-state index is 6.50. The van der Waals surface area contributed by atoms with Crippen molar-refractivity contribution in [1.29, 1.82) is 0 Å². The third kappa shape index (κ3) is 2.90. The summed E-state index contributed by atoms with van der Waals surface area (Å²) in [7, 11) is 0. The molecule has 0 fully saturated rings. The van der Waals surface area contributed by atoms with E-state index in [1.807, 2.05) is 0 Å². The Bertz CT molecular complexity index is 2310. The van der Waals surface area contributed by atoms with Crippen LogP contribution in [0.1, 0.15) is 0 Å². The van der Waals surface area contributed by atoms with Crippen molar-refractivity contribution in [2.75, 3.05) is 0 Å². The zero-order chi connectivity index (χ0) is 25.5. The number of ether oxygens (including phenoxy) is 1. The SMILES string of the molecule is c1ccc2c(c1)Oc1cc3ccccc3c3cc(-c4c5ccccc5cc5ccc6ccccc6c45)cc-2c13. The van der Waals surface area contributed by atoms with Gasteiger partial charge in [0, 0.05) is 10.9 Å². The van der Waals surface area contributed by atoms with Gasteiger partial charge in [-0.1, -0.05) is 103 Å². The van der Waals surface area contributed by atoms with Crippen molar-refractivity contribution < 1.29 is 4.74 Å². The van der Waals surface area contributed by atoms with Crippen LogP contribution < -0.4 is 4.74 Å². The predicted molar refractivity (Wildman–Crippen MR) is 165 cm³/mol. The lowest BCUT2D eigenvalue weighted by Crippen LogP contribution is -1.98. The van der Waals surface area contributed by atoms with Gasteiger partial charge in [0.25, 0.3) is 0 Å². The van der Waals surface area contributed by atoms with Crippen LogP contribution in [0, 0.1) is 0 Å².